The van der Waals surface area contributed by atoms with Crippen LogP contribution in [0.2, 0.25) is 0 Å². The van der Waals surface area contributed by atoms with Gasteiger partial charge in [-0.15, -0.1) is 0 Å². The van der Waals surface area contributed by atoms with Gasteiger partial charge in [0.05, 0.1) is 35.2 Å². The van der Waals surface area contributed by atoms with Gasteiger partial charge in [0.1, 0.15) is 11.4 Å². The smallest absolute Gasteiger partial charge is 0.412 e. The molecule has 1 aromatic rings. The molecule has 40 heavy (non-hydrogen) atoms. The van der Waals surface area contributed by atoms with Crippen LogP contribution in [0.15, 0.2) is 12.1 Å². The van der Waals surface area contributed by atoms with Crippen LogP contribution in [0.1, 0.15) is 49.5 Å². The molecule has 216 valence electrons. The van der Waals surface area contributed by atoms with Gasteiger partial charge in [0.2, 0.25) is 5.91 Å². The number of fused-ring (bicyclic) bond motifs is 3. The molecule has 2 saturated carbocycles. The fourth-order valence-corrected chi connectivity index (χ4v) is 6.50. The summed E-state index contributed by atoms with van der Waals surface area (Å²) in [7, 11) is 2.84. The summed E-state index contributed by atoms with van der Waals surface area (Å²) >= 11 is 0. The number of nitrogens with one attached hydrogen (secondary N) is 1. The molecule has 0 spiro atoms. The first-order valence-corrected chi connectivity index (χ1v) is 12.7. The Morgan fingerprint density at radius 2 is 1.70 bits per heavy atom. The largest absolute Gasteiger partial charge is 0.505 e. The number of hydrogen-bond acceptors (Lipinski definition) is 11. The molecule has 3 aliphatic carbocycles. The summed E-state index contributed by atoms with van der Waals surface area (Å²) < 4.78 is 5.18. The third-order valence-electron chi connectivity index (χ3n) is 8.13. The van der Waals surface area contributed by atoms with Crippen molar-refractivity contribution in [1.29, 1.82) is 0 Å². The number of carbonyl (C=O) groups is 6. The van der Waals surface area contributed by atoms with Gasteiger partial charge in [0, 0.05) is 5.92 Å². The minimum Gasteiger partial charge on any atom is -0.505 e. The number of primary amides is 1. The van der Waals surface area contributed by atoms with E-state index in [2.05, 4.69) is 5.32 Å². The number of phenolic OH excluding ortho intramolecular Hbond substituents is 1. The number of phenols is 1. The molecule has 0 radical (unpaired) electrons. The van der Waals surface area contributed by atoms with Crippen molar-refractivity contribution in [2.75, 3.05) is 19.4 Å². The summed E-state index contributed by atoms with van der Waals surface area (Å²) in [6.07, 6.45) is -2.64. The first-order chi connectivity index (χ1) is 18.4. The van der Waals surface area contributed by atoms with Crippen molar-refractivity contribution in [2.24, 2.45) is 29.4 Å². The Bertz CT molecular complexity index is 1350. The van der Waals surface area contributed by atoms with E-state index in [9.17, 15) is 44.1 Å². The zero-order valence-corrected chi connectivity index (χ0v) is 22.9. The van der Waals surface area contributed by atoms with E-state index in [0.29, 0.717) is 0 Å². The average Bonchev–Trinajstić information content (AvgIpc) is 2.81. The third kappa shape index (κ3) is 4.11. The molecule has 4 rings (SSSR count). The van der Waals surface area contributed by atoms with Crippen LogP contribution in [0.3, 0.4) is 0 Å². The fourth-order valence-electron chi connectivity index (χ4n) is 6.50. The quantitative estimate of drug-likeness (QED) is 0.240. The number of carbonyl (C=O) groups excluding carboxylic acids is 6. The van der Waals surface area contributed by atoms with E-state index in [0.717, 1.165) is 0 Å². The van der Waals surface area contributed by atoms with Crippen LogP contribution in [0.25, 0.3) is 0 Å². The van der Waals surface area contributed by atoms with E-state index >= 15 is 0 Å². The van der Waals surface area contributed by atoms with E-state index in [1.165, 1.54) is 31.1 Å². The highest BCUT2D eigenvalue weighted by molar-refractivity contribution is 6.32. The number of Topliss-reactive ketones (excluding diaryl/α,β-unsaturated/α-hetero) is 4. The Balaban J connectivity index is 1.85. The van der Waals surface area contributed by atoms with Crippen molar-refractivity contribution >= 4 is 40.8 Å². The van der Waals surface area contributed by atoms with Gasteiger partial charge in [-0.25, -0.2) is 4.79 Å². The average molecular weight is 560 g/mol. The Hall–Kier alpha value is -3.68. The number of nitrogens with zero attached hydrogens (tertiary/aromatic N) is 1. The zero-order chi connectivity index (χ0) is 30.2. The first kappa shape index (κ1) is 29.3. The van der Waals surface area contributed by atoms with Crippen molar-refractivity contribution in [3.63, 3.8) is 0 Å². The van der Waals surface area contributed by atoms with Crippen LogP contribution in [0.5, 0.6) is 5.75 Å². The van der Waals surface area contributed by atoms with Crippen molar-refractivity contribution in [3.8, 4) is 5.75 Å². The minimum absolute atomic E-state index is 0.187. The molecule has 13 nitrogen and oxygen atoms in total. The number of rotatable bonds is 3. The Morgan fingerprint density at radius 3 is 2.23 bits per heavy atom. The number of aromatic hydroxyl groups is 1. The summed E-state index contributed by atoms with van der Waals surface area (Å²) in [5, 5.41) is 36.6. The van der Waals surface area contributed by atoms with Crippen LogP contribution in [-0.2, 0) is 23.9 Å². The van der Waals surface area contributed by atoms with Gasteiger partial charge in [-0.1, -0.05) is 13.0 Å². The van der Waals surface area contributed by atoms with Crippen LogP contribution in [0.4, 0.5) is 10.5 Å². The van der Waals surface area contributed by atoms with Crippen molar-refractivity contribution in [3.05, 3.63) is 23.3 Å². The monoisotopic (exact) mass is 559 g/mol. The maximum Gasteiger partial charge on any atom is 0.412 e. The number of anilines is 1. The second-order valence-corrected chi connectivity index (χ2v) is 11.9. The normalized spacial score (nSPS) is 33.7. The van der Waals surface area contributed by atoms with E-state index in [-0.39, 0.29) is 16.8 Å². The minimum atomic E-state index is -3.09. The van der Waals surface area contributed by atoms with Gasteiger partial charge >= 0.3 is 6.09 Å². The first-order valence-electron chi connectivity index (χ1n) is 12.7. The van der Waals surface area contributed by atoms with Crippen LogP contribution in [-0.4, -0.2) is 92.8 Å². The summed E-state index contributed by atoms with van der Waals surface area (Å²) in [5.41, 5.74) is 1.09. The number of aliphatic hydroxyl groups excluding tert-OH is 1. The predicted octanol–water partition coefficient (Wildman–Crippen LogP) is -0.254. The molecule has 3 aliphatic rings. The Labute approximate surface area is 229 Å². The standard InChI is InChI=1S/C27H33N3O10/c1-9-10-7-8-11(29-25(38)40-26(2,3)4)18(31)13(10)19(32)14-12(9)20(33)16-17(30(5)6)21(34)15(24(28)37)23(36)27(16,39)22(14)35/h7-9,12,14-17,20,31,33,39H,1-6H3,(H2,28,37)(H,29,38)/t9-,12+,14?,15?,16+,17-,20-,27-/m0/s1. The molecule has 0 aliphatic heterocycles. The number of aliphatic hydroxyl groups is 2. The molecule has 0 aromatic heterocycles. The van der Waals surface area contributed by atoms with Gasteiger partial charge in [-0.05, 0) is 52.4 Å². The lowest BCUT2D eigenvalue weighted by molar-refractivity contribution is -0.196. The molecule has 6 N–H and O–H groups in total. The molecule has 2 unspecified atom stereocenters. The second kappa shape index (κ2) is 9.46. The maximum atomic E-state index is 14.0. The molecule has 8 atom stereocenters. The summed E-state index contributed by atoms with van der Waals surface area (Å²) in [6.45, 7) is 6.48. The third-order valence-corrected chi connectivity index (χ3v) is 8.13. The number of nitrogens with two attached hydrogens (primary N) is 1. The predicted molar refractivity (Wildman–Crippen MR) is 137 cm³/mol. The molecule has 13 heteroatoms. The van der Waals surface area contributed by atoms with Crippen LogP contribution >= 0.6 is 0 Å². The lowest BCUT2D eigenvalue weighted by Gasteiger charge is -2.56. The highest BCUT2D eigenvalue weighted by Gasteiger charge is 2.72. The second-order valence-electron chi connectivity index (χ2n) is 11.9. The van der Waals surface area contributed by atoms with Crippen molar-refractivity contribution in [2.45, 2.75) is 57.0 Å². The van der Waals surface area contributed by atoms with E-state index < -0.39 is 93.8 Å². The Morgan fingerprint density at radius 1 is 1.10 bits per heavy atom. The van der Waals surface area contributed by atoms with Crippen LogP contribution < -0.4 is 11.1 Å². The lowest BCUT2D eigenvalue weighted by atomic mass is 9.49. The maximum absolute atomic E-state index is 14.0. The summed E-state index contributed by atoms with van der Waals surface area (Å²) in [4.78, 5) is 80.0. The van der Waals surface area contributed by atoms with Crippen molar-refractivity contribution in [1.82, 2.24) is 4.90 Å². The van der Waals surface area contributed by atoms with Crippen molar-refractivity contribution < 1.29 is 48.8 Å². The molecular weight excluding hydrogens is 526 g/mol. The van der Waals surface area contributed by atoms with Crippen LogP contribution in [0, 0.1) is 23.7 Å². The number of hydrogen-bond donors (Lipinski definition) is 5. The highest BCUT2D eigenvalue weighted by Crippen LogP contribution is 2.55. The molecule has 1 aromatic carbocycles. The van der Waals surface area contributed by atoms with Gasteiger partial charge in [-0.2, -0.15) is 0 Å². The van der Waals surface area contributed by atoms with E-state index in [1.54, 1.807) is 27.7 Å². The fraction of sp³-hybridized carbons (Fsp3) is 0.556. The number of amides is 2. The number of ether oxygens (including phenoxy) is 1. The lowest BCUT2D eigenvalue weighted by Crippen LogP contribution is -2.77. The highest BCUT2D eigenvalue weighted by atomic mass is 16.6. The Kier molecular flexibility index (Phi) is 6.93. The van der Waals surface area contributed by atoms with Gasteiger partial charge in [-0.3, -0.25) is 34.2 Å². The molecule has 2 fully saturated rings. The van der Waals surface area contributed by atoms with E-state index in [1.807, 2.05) is 0 Å². The summed E-state index contributed by atoms with van der Waals surface area (Å²) in [6, 6.07) is 1.34. The van der Waals surface area contributed by atoms with Gasteiger partial charge in [0.25, 0.3) is 0 Å². The van der Waals surface area contributed by atoms with E-state index in [4.69, 9.17) is 10.5 Å². The zero-order valence-electron chi connectivity index (χ0n) is 22.9. The molecule has 0 heterocycles. The molecule has 2 amide bonds. The van der Waals surface area contributed by atoms with Gasteiger partial charge < -0.3 is 25.8 Å². The molecular formula is C27H33N3O10. The SMILES string of the molecule is C[C@H]1c2ccc(NC(=O)OC(C)(C)C)c(O)c2C(=O)C2C(=O)[C@]3(O)C(=O)C(C(N)=O)C(=O)[C@@H](N(C)C)[C@@H]3[C@@H](O)[C@@H]21. The number of likely N-dealkylation sites (N-methyl/N-ethyl adjacent to an activating group) is 1. The topological polar surface area (TPSA) is 214 Å². The molecule has 0 bridgehead atoms. The summed E-state index contributed by atoms with van der Waals surface area (Å²) in [5.74, 6) is -14.4. The van der Waals surface area contributed by atoms with Gasteiger partial charge in [0.15, 0.2) is 34.7 Å². The number of ketones is 4. The number of benzene rings is 1. The molecule has 0 saturated heterocycles.